The Kier molecular flexibility index (Phi) is 3.38. The number of nitrogens with one attached hydrogen (secondary N) is 1. The second-order valence-electron chi connectivity index (χ2n) is 5.69. The van der Waals surface area contributed by atoms with E-state index in [1.165, 1.54) is 0 Å². The number of benzene rings is 1. The molecule has 1 unspecified atom stereocenters. The molecule has 0 aliphatic carbocycles. The van der Waals surface area contributed by atoms with Crippen LogP contribution in [0.4, 0.5) is 5.82 Å². The summed E-state index contributed by atoms with van der Waals surface area (Å²) in [5, 5.41) is 5.64. The number of aromatic nitrogens is 1. The van der Waals surface area contributed by atoms with Gasteiger partial charge >= 0.3 is 0 Å². The third-order valence-electron chi connectivity index (χ3n) is 3.99. The van der Waals surface area contributed by atoms with Gasteiger partial charge in [-0.3, -0.25) is 0 Å². The summed E-state index contributed by atoms with van der Waals surface area (Å²) in [5.74, 6) is 3.77. The standard InChI is InChI=1S/C16H20N2O2/c1-10(2)11(3)8-18-16-13-7-15-14(19-9-20-15)6-12(13)4-5-17-16/h4-7,10-11H,8-9H2,1-3H3,(H,17,18). The largest absolute Gasteiger partial charge is 0.454 e. The van der Waals surface area contributed by atoms with Gasteiger partial charge in [0.1, 0.15) is 5.82 Å². The molecular formula is C16H20N2O2. The summed E-state index contributed by atoms with van der Waals surface area (Å²) >= 11 is 0. The minimum atomic E-state index is 0.298. The molecule has 1 aliphatic heterocycles. The van der Waals surface area contributed by atoms with Gasteiger partial charge in [0.05, 0.1) is 0 Å². The lowest BCUT2D eigenvalue weighted by Crippen LogP contribution is -2.16. The number of ether oxygens (including phenoxy) is 2. The number of anilines is 1. The van der Waals surface area contributed by atoms with Crippen molar-refractivity contribution >= 4 is 16.6 Å². The number of nitrogens with zero attached hydrogens (tertiary/aromatic N) is 1. The Labute approximate surface area is 119 Å². The SMILES string of the molecule is CC(C)C(C)CNc1nccc2cc3c(cc12)OCO3. The van der Waals surface area contributed by atoms with Crippen LogP contribution in [0, 0.1) is 11.8 Å². The summed E-state index contributed by atoms with van der Waals surface area (Å²) in [6.45, 7) is 7.93. The van der Waals surface area contributed by atoms with E-state index in [0.29, 0.717) is 18.6 Å². The Balaban J connectivity index is 1.91. The van der Waals surface area contributed by atoms with Crippen LogP contribution >= 0.6 is 0 Å². The molecule has 1 atom stereocenters. The predicted octanol–water partition coefficient (Wildman–Crippen LogP) is 3.67. The Bertz CT molecular complexity index is 625. The van der Waals surface area contributed by atoms with Crippen LogP contribution in [-0.4, -0.2) is 18.3 Å². The highest BCUT2D eigenvalue weighted by Gasteiger charge is 2.16. The molecule has 0 radical (unpaired) electrons. The third-order valence-corrected chi connectivity index (χ3v) is 3.99. The molecule has 4 nitrogen and oxygen atoms in total. The molecule has 0 amide bonds. The van der Waals surface area contributed by atoms with E-state index in [9.17, 15) is 0 Å². The maximum Gasteiger partial charge on any atom is 0.231 e. The zero-order chi connectivity index (χ0) is 14.1. The van der Waals surface area contributed by atoms with Gasteiger partial charge in [0, 0.05) is 18.1 Å². The quantitative estimate of drug-likeness (QED) is 0.922. The third kappa shape index (κ3) is 2.38. The molecule has 0 bridgehead atoms. The van der Waals surface area contributed by atoms with Crippen molar-refractivity contribution in [3.05, 3.63) is 24.4 Å². The van der Waals surface area contributed by atoms with Crippen LogP contribution < -0.4 is 14.8 Å². The van der Waals surface area contributed by atoms with Gasteiger partial charge < -0.3 is 14.8 Å². The average Bonchev–Trinajstić information content (AvgIpc) is 2.89. The van der Waals surface area contributed by atoms with Gasteiger partial charge in [-0.2, -0.15) is 0 Å². The molecular weight excluding hydrogens is 252 g/mol. The van der Waals surface area contributed by atoms with Crippen molar-refractivity contribution in [3.8, 4) is 11.5 Å². The van der Waals surface area contributed by atoms with Gasteiger partial charge in [-0.1, -0.05) is 20.8 Å². The molecule has 0 spiro atoms. The first kappa shape index (κ1) is 13.0. The molecule has 0 fully saturated rings. The molecule has 1 aromatic carbocycles. The van der Waals surface area contributed by atoms with E-state index in [-0.39, 0.29) is 0 Å². The molecule has 1 aliphatic rings. The molecule has 0 saturated carbocycles. The van der Waals surface area contributed by atoms with Gasteiger partial charge in [0.25, 0.3) is 0 Å². The fourth-order valence-electron chi connectivity index (χ4n) is 2.20. The molecule has 2 heterocycles. The highest BCUT2D eigenvalue weighted by molar-refractivity contribution is 5.94. The second kappa shape index (κ2) is 5.19. The van der Waals surface area contributed by atoms with Crippen molar-refractivity contribution in [1.29, 1.82) is 0 Å². The minimum Gasteiger partial charge on any atom is -0.454 e. The number of hydrogen-bond acceptors (Lipinski definition) is 4. The van der Waals surface area contributed by atoms with Gasteiger partial charge in [-0.15, -0.1) is 0 Å². The molecule has 106 valence electrons. The lowest BCUT2D eigenvalue weighted by molar-refractivity contribution is 0.174. The number of hydrogen-bond donors (Lipinski definition) is 1. The van der Waals surface area contributed by atoms with Crippen molar-refractivity contribution in [3.63, 3.8) is 0 Å². The predicted molar refractivity (Wildman–Crippen MR) is 80.4 cm³/mol. The van der Waals surface area contributed by atoms with Gasteiger partial charge in [-0.25, -0.2) is 4.98 Å². The lowest BCUT2D eigenvalue weighted by Gasteiger charge is -2.17. The second-order valence-corrected chi connectivity index (χ2v) is 5.69. The number of fused-ring (bicyclic) bond motifs is 2. The Hall–Kier alpha value is -1.97. The van der Waals surface area contributed by atoms with Crippen molar-refractivity contribution in [2.24, 2.45) is 11.8 Å². The fourth-order valence-corrected chi connectivity index (χ4v) is 2.20. The van der Waals surface area contributed by atoms with Crippen LogP contribution in [0.3, 0.4) is 0 Å². The van der Waals surface area contributed by atoms with Crippen LogP contribution in [0.15, 0.2) is 24.4 Å². The first-order valence-electron chi connectivity index (χ1n) is 7.07. The van der Waals surface area contributed by atoms with Crippen molar-refractivity contribution in [1.82, 2.24) is 4.98 Å². The fraction of sp³-hybridized carbons (Fsp3) is 0.438. The zero-order valence-electron chi connectivity index (χ0n) is 12.1. The van der Waals surface area contributed by atoms with Crippen molar-refractivity contribution < 1.29 is 9.47 Å². The topological polar surface area (TPSA) is 43.4 Å². The summed E-state index contributed by atoms with van der Waals surface area (Å²) in [4.78, 5) is 4.46. The first-order chi connectivity index (χ1) is 9.65. The lowest BCUT2D eigenvalue weighted by atomic mass is 9.98. The van der Waals surface area contributed by atoms with Crippen LogP contribution in [0.1, 0.15) is 20.8 Å². The molecule has 0 saturated heterocycles. The van der Waals surface area contributed by atoms with E-state index in [1.807, 2.05) is 24.4 Å². The monoisotopic (exact) mass is 272 g/mol. The van der Waals surface area contributed by atoms with Crippen molar-refractivity contribution in [2.75, 3.05) is 18.7 Å². The smallest absolute Gasteiger partial charge is 0.231 e. The summed E-state index contributed by atoms with van der Waals surface area (Å²) in [5.41, 5.74) is 0. The van der Waals surface area contributed by atoms with E-state index in [1.54, 1.807) is 0 Å². The number of pyridine rings is 1. The Morgan fingerprint density at radius 2 is 1.95 bits per heavy atom. The molecule has 1 aromatic heterocycles. The van der Waals surface area contributed by atoms with E-state index < -0.39 is 0 Å². The van der Waals surface area contributed by atoms with Crippen LogP contribution in [-0.2, 0) is 0 Å². The Morgan fingerprint density at radius 1 is 1.20 bits per heavy atom. The summed E-state index contributed by atoms with van der Waals surface area (Å²) in [7, 11) is 0. The van der Waals surface area contributed by atoms with E-state index in [2.05, 4.69) is 31.1 Å². The Morgan fingerprint density at radius 3 is 2.70 bits per heavy atom. The molecule has 3 rings (SSSR count). The highest BCUT2D eigenvalue weighted by Crippen LogP contribution is 2.37. The van der Waals surface area contributed by atoms with Gasteiger partial charge in [0.2, 0.25) is 6.79 Å². The van der Waals surface area contributed by atoms with Crippen molar-refractivity contribution in [2.45, 2.75) is 20.8 Å². The maximum absolute atomic E-state index is 5.45. The first-order valence-corrected chi connectivity index (χ1v) is 7.07. The average molecular weight is 272 g/mol. The molecule has 2 aromatic rings. The molecule has 4 heteroatoms. The summed E-state index contributed by atoms with van der Waals surface area (Å²) in [6, 6.07) is 6.01. The zero-order valence-corrected chi connectivity index (χ0v) is 12.1. The molecule has 20 heavy (non-hydrogen) atoms. The van der Waals surface area contributed by atoms with Gasteiger partial charge in [0.15, 0.2) is 11.5 Å². The summed E-state index contributed by atoms with van der Waals surface area (Å²) in [6.07, 6.45) is 1.83. The van der Waals surface area contributed by atoms with E-state index in [0.717, 1.165) is 34.6 Å². The maximum atomic E-state index is 5.45. The van der Waals surface area contributed by atoms with E-state index in [4.69, 9.17) is 9.47 Å². The van der Waals surface area contributed by atoms with E-state index >= 15 is 0 Å². The minimum absolute atomic E-state index is 0.298. The van der Waals surface area contributed by atoms with Crippen LogP contribution in [0.5, 0.6) is 11.5 Å². The number of rotatable bonds is 4. The van der Waals surface area contributed by atoms with Crippen LogP contribution in [0.25, 0.3) is 10.8 Å². The normalized spacial score (nSPS) is 14.8. The van der Waals surface area contributed by atoms with Crippen LogP contribution in [0.2, 0.25) is 0 Å². The summed E-state index contributed by atoms with van der Waals surface area (Å²) < 4.78 is 10.9. The highest BCUT2D eigenvalue weighted by atomic mass is 16.7. The molecule has 1 N–H and O–H groups in total. The van der Waals surface area contributed by atoms with Gasteiger partial charge in [-0.05, 0) is 35.4 Å².